The molecular formula is C8H14NS2+. The molecule has 0 unspecified atom stereocenters. The molecule has 0 aromatic rings. The average molecular weight is 188 g/mol. The summed E-state index contributed by atoms with van der Waals surface area (Å²) >= 11 is 3.80. The molecule has 1 aliphatic rings. The largest absolute Gasteiger partial charge is 0.239 e. The Hall–Kier alpha value is 0.110. The Labute approximate surface area is 76.9 Å². The van der Waals surface area contributed by atoms with Gasteiger partial charge >= 0.3 is 0 Å². The molecule has 11 heavy (non-hydrogen) atoms. The van der Waals surface area contributed by atoms with Crippen molar-refractivity contribution in [2.75, 3.05) is 26.1 Å². The van der Waals surface area contributed by atoms with Gasteiger partial charge in [0.1, 0.15) is 14.1 Å². The van der Waals surface area contributed by atoms with E-state index in [0.717, 1.165) is 0 Å². The van der Waals surface area contributed by atoms with E-state index < -0.39 is 0 Å². The van der Waals surface area contributed by atoms with Crippen molar-refractivity contribution in [3.05, 3.63) is 10.3 Å². The third-order valence-electron chi connectivity index (χ3n) is 1.66. The van der Waals surface area contributed by atoms with Crippen LogP contribution >= 0.6 is 23.5 Å². The lowest BCUT2D eigenvalue weighted by Gasteiger charge is -2.09. The molecule has 1 rings (SSSR count). The van der Waals surface area contributed by atoms with Crippen LogP contribution in [-0.4, -0.2) is 36.4 Å². The second kappa shape index (κ2) is 4.21. The van der Waals surface area contributed by atoms with Gasteiger partial charge in [-0.3, -0.25) is 0 Å². The van der Waals surface area contributed by atoms with Gasteiger partial charge in [-0.15, -0.1) is 23.5 Å². The van der Waals surface area contributed by atoms with Crippen LogP contribution < -0.4 is 0 Å². The summed E-state index contributed by atoms with van der Waals surface area (Å²) in [6.45, 7) is 0. The first-order chi connectivity index (χ1) is 5.24. The minimum Gasteiger partial charge on any atom is -0.239 e. The molecule has 62 valence electrons. The first-order valence-electron chi connectivity index (χ1n) is 3.65. The first kappa shape index (κ1) is 9.20. The van der Waals surface area contributed by atoms with Gasteiger partial charge in [0.2, 0.25) is 0 Å². The van der Waals surface area contributed by atoms with Gasteiger partial charge in [0.25, 0.3) is 0 Å². The van der Waals surface area contributed by atoms with Crippen molar-refractivity contribution in [2.45, 2.75) is 6.42 Å². The van der Waals surface area contributed by atoms with Crippen molar-refractivity contribution in [3.63, 3.8) is 0 Å². The fourth-order valence-electron chi connectivity index (χ4n) is 0.977. The van der Waals surface area contributed by atoms with Crippen LogP contribution in [-0.2, 0) is 0 Å². The average Bonchev–Trinajstić information content (AvgIpc) is 2.05. The highest BCUT2D eigenvalue weighted by molar-refractivity contribution is 8.22. The van der Waals surface area contributed by atoms with E-state index in [-0.39, 0.29) is 0 Å². The van der Waals surface area contributed by atoms with Crippen molar-refractivity contribution in [2.24, 2.45) is 0 Å². The molecule has 1 aliphatic heterocycles. The zero-order chi connectivity index (χ0) is 8.27. The van der Waals surface area contributed by atoms with E-state index >= 15 is 0 Å². The number of allylic oxidation sites excluding steroid dienone is 1. The zero-order valence-corrected chi connectivity index (χ0v) is 8.89. The predicted octanol–water partition coefficient (Wildman–Crippen LogP) is 2.04. The summed E-state index contributed by atoms with van der Waals surface area (Å²) in [5, 5.41) is 0. The van der Waals surface area contributed by atoms with Crippen LogP contribution in [0, 0.1) is 0 Å². The molecule has 0 bridgehead atoms. The van der Waals surface area contributed by atoms with Crippen molar-refractivity contribution < 1.29 is 4.58 Å². The third kappa shape index (κ3) is 2.56. The van der Waals surface area contributed by atoms with E-state index in [9.17, 15) is 0 Å². The lowest BCUT2D eigenvalue weighted by molar-refractivity contribution is -0.464. The fraction of sp³-hybridized carbons (Fsp3) is 0.625. The maximum absolute atomic E-state index is 2.29. The highest BCUT2D eigenvalue weighted by atomic mass is 32.2. The Balaban J connectivity index is 2.79. The molecule has 0 spiro atoms. The Bertz CT molecular complexity index is 202. The Morgan fingerprint density at radius 3 is 2.82 bits per heavy atom. The van der Waals surface area contributed by atoms with Crippen molar-refractivity contribution in [1.82, 2.24) is 0 Å². The van der Waals surface area contributed by atoms with Crippen LogP contribution in [0.1, 0.15) is 6.42 Å². The first-order valence-corrected chi connectivity index (χ1v) is 5.86. The maximum atomic E-state index is 2.29. The zero-order valence-electron chi connectivity index (χ0n) is 7.26. The summed E-state index contributed by atoms with van der Waals surface area (Å²) in [4.78, 5) is 0. The highest BCUT2D eigenvalue weighted by Crippen LogP contribution is 2.30. The number of nitrogens with zero attached hydrogens (tertiary/aromatic N) is 1. The summed E-state index contributed by atoms with van der Waals surface area (Å²) in [6.07, 6.45) is 5.64. The molecule has 0 amide bonds. The van der Waals surface area contributed by atoms with Crippen LogP contribution in [0.15, 0.2) is 10.3 Å². The molecular weight excluding hydrogens is 174 g/mol. The van der Waals surface area contributed by atoms with Gasteiger partial charge in [0, 0.05) is 22.5 Å². The fourth-order valence-corrected chi connectivity index (χ4v) is 2.68. The Morgan fingerprint density at radius 1 is 1.55 bits per heavy atom. The van der Waals surface area contributed by atoms with Crippen molar-refractivity contribution in [3.8, 4) is 0 Å². The van der Waals surface area contributed by atoms with Crippen molar-refractivity contribution in [1.29, 1.82) is 0 Å². The normalized spacial score (nSPS) is 18.1. The van der Waals surface area contributed by atoms with Gasteiger partial charge in [-0.25, -0.2) is 4.58 Å². The standard InChI is InChI=1S/C8H14NS2/c1-9(2)7-4-5-11-8(6-7)10-3/h6H,4-5H2,1-3H3/q+1. The summed E-state index contributed by atoms with van der Waals surface area (Å²) in [5.74, 6) is 1.24. The summed E-state index contributed by atoms with van der Waals surface area (Å²) < 4.78 is 3.65. The molecule has 0 N–H and O–H groups in total. The molecule has 3 heteroatoms. The highest BCUT2D eigenvalue weighted by Gasteiger charge is 2.12. The van der Waals surface area contributed by atoms with Gasteiger partial charge in [-0.2, -0.15) is 0 Å². The Kier molecular flexibility index (Phi) is 3.52. The molecule has 0 saturated heterocycles. The van der Waals surface area contributed by atoms with E-state index in [1.54, 1.807) is 0 Å². The molecule has 0 saturated carbocycles. The monoisotopic (exact) mass is 188 g/mol. The van der Waals surface area contributed by atoms with Crippen LogP contribution in [0.4, 0.5) is 0 Å². The molecule has 0 atom stereocenters. The van der Waals surface area contributed by atoms with Gasteiger partial charge in [0.05, 0.1) is 0 Å². The summed E-state index contributed by atoms with van der Waals surface area (Å²) in [5.41, 5.74) is 1.45. The van der Waals surface area contributed by atoms with Gasteiger partial charge in [0.15, 0.2) is 5.71 Å². The van der Waals surface area contributed by atoms with E-state index in [1.807, 2.05) is 23.5 Å². The SMILES string of the molecule is CSC1=CC(=[N+](C)C)CCS1. The minimum absolute atomic E-state index is 1.21. The second-order valence-corrected chi connectivity index (χ2v) is 4.89. The number of hydrogen-bond donors (Lipinski definition) is 0. The van der Waals surface area contributed by atoms with Crippen molar-refractivity contribution >= 4 is 29.2 Å². The number of thioether (sulfide) groups is 2. The Morgan fingerprint density at radius 2 is 2.27 bits per heavy atom. The molecule has 0 aliphatic carbocycles. The smallest absolute Gasteiger partial charge is 0.178 e. The van der Waals surface area contributed by atoms with E-state index in [0.29, 0.717) is 0 Å². The number of hydrogen-bond acceptors (Lipinski definition) is 2. The second-order valence-electron chi connectivity index (χ2n) is 2.65. The molecule has 0 fully saturated rings. The number of rotatable bonds is 1. The summed E-state index contributed by atoms with van der Waals surface area (Å²) in [7, 11) is 4.22. The minimum atomic E-state index is 1.21. The van der Waals surface area contributed by atoms with Crippen LogP contribution in [0.3, 0.4) is 0 Å². The van der Waals surface area contributed by atoms with E-state index in [2.05, 4.69) is 31.0 Å². The molecule has 0 aromatic carbocycles. The van der Waals surface area contributed by atoms with Gasteiger partial charge < -0.3 is 0 Å². The van der Waals surface area contributed by atoms with Gasteiger partial charge in [-0.05, 0) is 6.26 Å². The topological polar surface area (TPSA) is 3.01 Å². The van der Waals surface area contributed by atoms with Gasteiger partial charge in [-0.1, -0.05) is 0 Å². The molecule has 1 nitrogen and oxygen atoms in total. The lowest BCUT2D eigenvalue weighted by Crippen LogP contribution is -2.14. The molecule has 0 aromatic heterocycles. The van der Waals surface area contributed by atoms with E-state index in [1.165, 1.54) is 22.1 Å². The third-order valence-corrected chi connectivity index (χ3v) is 3.85. The molecule has 1 heterocycles. The maximum Gasteiger partial charge on any atom is 0.178 e. The quantitative estimate of drug-likeness (QED) is 0.579. The van der Waals surface area contributed by atoms with Crippen LogP contribution in [0.5, 0.6) is 0 Å². The predicted molar refractivity (Wildman–Crippen MR) is 55.8 cm³/mol. The lowest BCUT2D eigenvalue weighted by atomic mass is 10.3. The van der Waals surface area contributed by atoms with Crippen LogP contribution in [0.2, 0.25) is 0 Å². The van der Waals surface area contributed by atoms with Crippen LogP contribution in [0.25, 0.3) is 0 Å². The molecule has 0 radical (unpaired) electrons. The van der Waals surface area contributed by atoms with E-state index in [4.69, 9.17) is 0 Å². The summed E-state index contributed by atoms with van der Waals surface area (Å²) in [6, 6.07) is 0.